The van der Waals surface area contributed by atoms with Gasteiger partial charge in [0.1, 0.15) is 0 Å². The molecule has 5 heteroatoms. The highest BCUT2D eigenvalue weighted by Gasteiger charge is 2.30. The number of nitrogens with two attached hydrogens (primary N) is 1. The Balaban J connectivity index is 2.33. The van der Waals surface area contributed by atoms with Crippen molar-refractivity contribution in [3.8, 4) is 0 Å². The van der Waals surface area contributed by atoms with Crippen LogP contribution in [0.3, 0.4) is 0 Å². The second-order valence-corrected chi connectivity index (χ2v) is 4.90. The van der Waals surface area contributed by atoms with E-state index in [0.717, 1.165) is 23.3 Å². The van der Waals surface area contributed by atoms with Gasteiger partial charge in [-0.1, -0.05) is 35.9 Å². The van der Waals surface area contributed by atoms with Crippen molar-refractivity contribution in [2.45, 2.75) is 12.1 Å². The van der Waals surface area contributed by atoms with Gasteiger partial charge in [-0.05, 0) is 35.4 Å². The van der Waals surface area contributed by atoms with E-state index in [1.165, 1.54) is 12.1 Å². The lowest BCUT2D eigenvalue weighted by molar-refractivity contribution is -0.137. The highest BCUT2D eigenvalue weighted by atomic mass is 35.5. The van der Waals surface area contributed by atoms with Crippen molar-refractivity contribution in [1.29, 1.82) is 0 Å². The summed E-state index contributed by atoms with van der Waals surface area (Å²) >= 11 is 5.93. The van der Waals surface area contributed by atoms with Crippen molar-refractivity contribution in [2.75, 3.05) is 6.54 Å². The van der Waals surface area contributed by atoms with E-state index in [-0.39, 0.29) is 5.92 Å². The van der Waals surface area contributed by atoms with E-state index in [1.807, 2.05) is 6.07 Å². The van der Waals surface area contributed by atoms with Gasteiger partial charge in [-0.2, -0.15) is 13.2 Å². The van der Waals surface area contributed by atoms with Crippen LogP contribution < -0.4 is 5.73 Å². The van der Waals surface area contributed by atoms with Crippen LogP contribution >= 0.6 is 11.6 Å². The number of hydrogen-bond donors (Lipinski definition) is 1. The summed E-state index contributed by atoms with van der Waals surface area (Å²) in [5.41, 5.74) is 6.71. The standard InChI is InChI=1S/C15H13ClF3N/c16-13-3-1-2-11(8-13)14(9-20)10-4-6-12(7-5-10)15(17,18)19/h1-8,14H,9,20H2. The number of hydrogen-bond acceptors (Lipinski definition) is 1. The maximum Gasteiger partial charge on any atom is 0.416 e. The molecule has 20 heavy (non-hydrogen) atoms. The largest absolute Gasteiger partial charge is 0.416 e. The summed E-state index contributed by atoms with van der Waals surface area (Å²) < 4.78 is 37.6. The lowest BCUT2D eigenvalue weighted by atomic mass is 9.91. The molecule has 1 unspecified atom stereocenters. The Morgan fingerprint density at radius 2 is 1.65 bits per heavy atom. The van der Waals surface area contributed by atoms with Crippen molar-refractivity contribution in [3.63, 3.8) is 0 Å². The smallest absolute Gasteiger partial charge is 0.330 e. The van der Waals surface area contributed by atoms with E-state index in [9.17, 15) is 13.2 Å². The molecular weight excluding hydrogens is 287 g/mol. The summed E-state index contributed by atoms with van der Waals surface area (Å²) in [7, 11) is 0. The Morgan fingerprint density at radius 3 is 2.15 bits per heavy atom. The highest BCUT2D eigenvalue weighted by Crippen LogP contribution is 2.31. The molecule has 0 bridgehead atoms. The first kappa shape index (κ1) is 14.9. The Labute approximate surface area is 120 Å². The van der Waals surface area contributed by atoms with E-state index >= 15 is 0 Å². The fourth-order valence-corrected chi connectivity index (χ4v) is 2.29. The van der Waals surface area contributed by atoms with Crippen LogP contribution in [-0.4, -0.2) is 6.54 Å². The summed E-state index contributed by atoms with van der Waals surface area (Å²) in [6, 6.07) is 12.2. The first-order chi connectivity index (χ1) is 9.41. The quantitative estimate of drug-likeness (QED) is 0.890. The van der Waals surface area contributed by atoms with Crippen LogP contribution in [0.25, 0.3) is 0 Å². The molecule has 0 saturated carbocycles. The molecule has 0 fully saturated rings. The number of benzene rings is 2. The minimum absolute atomic E-state index is 0.170. The molecule has 0 spiro atoms. The molecule has 0 aliphatic carbocycles. The van der Waals surface area contributed by atoms with Gasteiger partial charge in [-0.15, -0.1) is 0 Å². The molecule has 0 radical (unpaired) electrons. The van der Waals surface area contributed by atoms with Crippen LogP contribution in [0.15, 0.2) is 48.5 Å². The van der Waals surface area contributed by atoms with Gasteiger partial charge in [0.25, 0.3) is 0 Å². The molecule has 0 aliphatic rings. The fourth-order valence-electron chi connectivity index (χ4n) is 2.09. The van der Waals surface area contributed by atoms with Crippen molar-refractivity contribution < 1.29 is 13.2 Å². The van der Waals surface area contributed by atoms with E-state index in [4.69, 9.17) is 17.3 Å². The molecule has 2 aromatic carbocycles. The average molecular weight is 300 g/mol. The van der Waals surface area contributed by atoms with Crippen LogP contribution in [0.4, 0.5) is 13.2 Å². The summed E-state index contributed by atoms with van der Waals surface area (Å²) in [6.45, 7) is 0.297. The molecule has 0 aromatic heterocycles. The van der Waals surface area contributed by atoms with E-state index in [1.54, 1.807) is 18.2 Å². The SMILES string of the molecule is NCC(c1ccc(C(F)(F)F)cc1)c1cccc(Cl)c1. The molecule has 0 heterocycles. The predicted octanol–water partition coefficient (Wildman–Crippen LogP) is 4.45. The number of rotatable bonds is 3. The topological polar surface area (TPSA) is 26.0 Å². The van der Waals surface area contributed by atoms with Crippen molar-refractivity contribution in [1.82, 2.24) is 0 Å². The van der Waals surface area contributed by atoms with Crippen LogP contribution in [0, 0.1) is 0 Å². The summed E-state index contributed by atoms with van der Waals surface area (Å²) in [5.74, 6) is -0.170. The van der Waals surface area contributed by atoms with Crippen LogP contribution in [0.1, 0.15) is 22.6 Å². The normalized spacial score (nSPS) is 13.2. The van der Waals surface area contributed by atoms with Gasteiger partial charge in [0, 0.05) is 17.5 Å². The summed E-state index contributed by atoms with van der Waals surface area (Å²) in [4.78, 5) is 0. The van der Waals surface area contributed by atoms with Crippen molar-refractivity contribution in [3.05, 3.63) is 70.2 Å². The number of alkyl halides is 3. The zero-order valence-electron chi connectivity index (χ0n) is 10.5. The van der Waals surface area contributed by atoms with Gasteiger partial charge in [0.15, 0.2) is 0 Å². The third-order valence-electron chi connectivity index (χ3n) is 3.13. The molecule has 2 aromatic rings. The average Bonchev–Trinajstić information content (AvgIpc) is 2.39. The third-order valence-corrected chi connectivity index (χ3v) is 3.36. The molecular formula is C15H13ClF3N. The number of halogens is 4. The fraction of sp³-hybridized carbons (Fsp3) is 0.200. The van der Waals surface area contributed by atoms with Gasteiger partial charge in [0.2, 0.25) is 0 Å². The monoisotopic (exact) mass is 299 g/mol. The molecule has 0 aliphatic heterocycles. The lowest BCUT2D eigenvalue weighted by Gasteiger charge is -2.17. The molecule has 1 nitrogen and oxygen atoms in total. The maximum absolute atomic E-state index is 12.5. The summed E-state index contributed by atoms with van der Waals surface area (Å²) in [5, 5.41) is 0.577. The molecule has 0 amide bonds. The zero-order valence-corrected chi connectivity index (χ0v) is 11.2. The van der Waals surface area contributed by atoms with Gasteiger partial charge < -0.3 is 5.73 Å². The lowest BCUT2D eigenvalue weighted by Crippen LogP contribution is -2.14. The Hall–Kier alpha value is -1.52. The Kier molecular flexibility index (Phi) is 4.35. The maximum atomic E-state index is 12.5. The van der Waals surface area contributed by atoms with Crippen LogP contribution in [0.2, 0.25) is 5.02 Å². The van der Waals surface area contributed by atoms with Gasteiger partial charge in [-0.25, -0.2) is 0 Å². The van der Waals surface area contributed by atoms with Crippen molar-refractivity contribution >= 4 is 11.6 Å². The first-order valence-corrected chi connectivity index (χ1v) is 6.42. The summed E-state index contributed by atoms with van der Waals surface area (Å²) in [6.07, 6.45) is -4.33. The van der Waals surface area contributed by atoms with Gasteiger partial charge in [0.05, 0.1) is 5.56 Å². The van der Waals surface area contributed by atoms with E-state index in [0.29, 0.717) is 11.6 Å². The second kappa shape index (κ2) is 5.85. The first-order valence-electron chi connectivity index (χ1n) is 6.04. The second-order valence-electron chi connectivity index (χ2n) is 4.46. The van der Waals surface area contributed by atoms with E-state index in [2.05, 4.69) is 0 Å². The van der Waals surface area contributed by atoms with Gasteiger partial charge >= 0.3 is 6.18 Å². The molecule has 2 rings (SSSR count). The van der Waals surface area contributed by atoms with E-state index < -0.39 is 11.7 Å². The van der Waals surface area contributed by atoms with Crippen LogP contribution in [-0.2, 0) is 6.18 Å². The molecule has 0 saturated heterocycles. The Morgan fingerprint density at radius 1 is 1.00 bits per heavy atom. The van der Waals surface area contributed by atoms with Crippen molar-refractivity contribution in [2.24, 2.45) is 5.73 Å². The zero-order chi connectivity index (χ0) is 14.8. The molecule has 106 valence electrons. The minimum Gasteiger partial charge on any atom is -0.330 e. The minimum atomic E-state index is -4.33. The molecule has 2 N–H and O–H groups in total. The Bertz CT molecular complexity index is 578. The van der Waals surface area contributed by atoms with Gasteiger partial charge in [-0.3, -0.25) is 0 Å². The third kappa shape index (κ3) is 3.32. The van der Waals surface area contributed by atoms with Crippen LogP contribution in [0.5, 0.6) is 0 Å². The predicted molar refractivity (Wildman–Crippen MR) is 73.8 cm³/mol. The highest BCUT2D eigenvalue weighted by molar-refractivity contribution is 6.30. The molecule has 1 atom stereocenters.